The highest BCUT2D eigenvalue weighted by molar-refractivity contribution is 7.22. The number of anilines is 2. The number of para-hydroxylation sites is 1. The van der Waals surface area contributed by atoms with Gasteiger partial charge in [-0.05, 0) is 36.4 Å². The molecule has 4 nitrogen and oxygen atoms in total. The third-order valence-corrected chi connectivity index (χ3v) is 3.63. The first-order chi connectivity index (χ1) is 9.22. The van der Waals surface area contributed by atoms with E-state index in [1.54, 1.807) is 35.6 Å². The SMILES string of the molecule is O=C(O)c1ccc(Nc2nc3ccccc3s2)cc1. The second kappa shape index (κ2) is 4.70. The van der Waals surface area contributed by atoms with Crippen LogP contribution in [0.3, 0.4) is 0 Å². The molecule has 19 heavy (non-hydrogen) atoms. The standard InChI is InChI=1S/C14H10N2O2S/c17-13(18)9-5-7-10(8-6-9)15-14-16-11-3-1-2-4-12(11)19-14/h1-8H,(H,15,16)(H,17,18). The summed E-state index contributed by atoms with van der Waals surface area (Å²) in [7, 11) is 0. The Labute approximate surface area is 113 Å². The number of thiazole rings is 1. The first-order valence-corrected chi connectivity index (χ1v) is 6.50. The number of carbonyl (C=O) groups is 1. The van der Waals surface area contributed by atoms with Gasteiger partial charge >= 0.3 is 5.97 Å². The second-order valence-electron chi connectivity index (χ2n) is 3.99. The van der Waals surface area contributed by atoms with Crippen molar-refractivity contribution in [1.29, 1.82) is 0 Å². The maximum Gasteiger partial charge on any atom is 0.335 e. The molecule has 0 aliphatic heterocycles. The molecule has 3 rings (SSSR count). The maximum atomic E-state index is 10.8. The lowest BCUT2D eigenvalue weighted by atomic mass is 10.2. The molecule has 1 heterocycles. The number of fused-ring (bicyclic) bond motifs is 1. The summed E-state index contributed by atoms with van der Waals surface area (Å²) in [6.45, 7) is 0. The van der Waals surface area contributed by atoms with E-state index in [-0.39, 0.29) is 5.56 Å². The monoisotopic (exact) mass is 270 g/mol. The van der Waals surface area contributed by atoms with E-state index in [9.17, 15) is 4.79 Å². The van der Waals surface area contributed by atoms with Gasteiger partial charge in [0, 0.05) is 5.69 Å². The van der Waals surface area contributed by atoms with Crippen LogP contribution in [0, 0.1) is 0 Å². The van der Waals surface area contributed by atoms with E-state index in [0.29, 0.717) is 0 Å². The Balaban J connectivity index is 1.86. The fourth-order valence-corrected chi connectivity index (χ4v) is 2.63. The second-order valence-corrected chi connectivity index (χ2v) is 5.02. The van der Waals surface area contributed by atoms with Crippen LogP contribution in [0.1, 0.15) is 10.4 Å². The first-order valence-electron chi connectivity index (χ1n) is 5.68. The predicted molar refractivity (Wildman–Crippen MR) is 76.3 cm³/mol. The minimum absolute atomic E-state index is 0.273. The molecule has 0 saturated carbocycles. The molecule has 0 saturated heterocycles. The van der Waals surface area contributed by atoms with Gasteiger partial charge in [0.15, 0.2) is 5.13 Å². The molecule has 0 amide bonds. The topological polar surface area (TPSA) is 62.2 Å². The molecule has 0 radical (unpaired) electrons. The van der Waals surface area contributed by atoms with Gasteiger partial charge in [0.25, 0.3) is 0 Å². The maximum absolute atomic E-state index is 10.8. The van der Waals surface area contributed by atoms with Crippen LogP contribution in [0.4, 0.5) is 10.8 Å². The first kappa shape index (κ1) is 11.7. The minimum Gasteiger partial charge on any atom is -0.478 e. The van der Waals surface area contributed by atoms with Gasteiger partial charge in [-0.3, -0.25) is 0 Å². The van der Waals surface area contributed by atoms with E-state index in [0.717, 1.165) is 21.0 Å². The van der Waals surface area contributed by atoms with Crippen molar-refractivity contribution in [2.24, 2.45) is 0 Å². The summed E-state index contributed by atoms with van der Waals surface area (Å²) in [5.41, 5.74) is 2.05. The Kier molecular flexibility index (Phi) is 2.89. The number of nitrogens with zero attached hydrogens (tertiary/aromatic N) is 1. The number of aromatic carboxylic acids is 1. The Bertz CT molecular complexity index is 702. The number of rotatable bonds is 3. The van der Waals surface area contributed by atoms with Crippen molar-refractivity contribution >= 4 is 38.3 Å². The molecule has 94 valence electrons. The van der Waals surface area contributed by atoms with Crippen LogP contribution < -0.4 is 5.32 Å². The van der Waals surface area contributed by atoms with Gasteiger partial charge in [-0.2, -0.15) is 0 Å². The Morgan fingerprint density at radius 3 is 2.53 bits per heavy atom. The van der Waals surface area contributed by atoms with Gasteiger partial charge in [0.1, 0.15) is 0 Å². The number of carboxylic acid groups (broad SMARTS) is 1. The molecular formula is C14H10N2O2S. The molecule has 2 N–H and O–H groups in total. The Hall–Kier alpha value is -2.40. The molecule has 1 aromatic heterocycles. The van der Waals surface area contributed by atoms with Crippen molar-refractivity contribution in [3.8, 4) is 0 Å². The molecule has 0 unspecified atom stereocenters. The van der Waals surface area contributed by atoms with Gasteiger partial charge in [0.05, 0.1) is 15.8 Å². The summed E-state index contributed by atoms with van der Waals surface area (Å²) in [5.74, 6) is -0.925. The fourth-order valence-electron chi connectivity index (χ4n) is 1.75. The molecule has 2 aromatic carbocycles. The summed E-state index contributed by atoms with van der Waals surface area (Å²) < 4.78 is 1.12. The number of hydrogen-bond donors (Lipinski definition) is 2. The highest BCUT2D eigenvalue weighted by Crippen LogP contribution is 2.27. The van der Waals surface area contributed by atoms with Crippen LogP contribution in [0.15, 0.2) is 48.5 Å². The quantitative estimate of drug-likeness (QED) is 0.761. The third-order valence-electron chi connectivity index (χ3n) is 2.68. The molecular weight excluding hydrogens is 260 g/mol. The molecule has 3 aromatic rings. The number of benzene rings is 2. The normalized spacial score (nSPS) is 10.5. The lowest BCUT2D eigenvalue weighted by molar-refractivity contribution is 0.0697. The summed E-state index contributed by atoms with van der Waals surface area (Å²) >= 11 is 1.56. The van der Waals surface area contributed by atoms with Crippen molar-refractivity contribution in [1.82, 2.24) is 4.98 Å². The van der Waals surface area contributed by atoms with Crippen molar-refractivity contribution < 1.29 is 9.90 Å². The van der Waals surface area contributed by atoms with Gasteiger partial charge in [0.2, 0.25) is 0 Å². The van der Waals surface area contributed by atoms with Crippen LogP contribution >= 0.6 is 11.3 Å². The zero-order chi connectivity index (χ0) is 13.2. The van der Waals surface area contributed by atoms with Crippen LogP contribution in [-0.4, -0.2) is 16.1 Å². The summed E-state index contributed by atoms with van der Waals surface area (Å²) in [6, 6.07) is 14.5. The fraction of sp³-hybridized carbons (Fsp3) is 0. The van der Waals surface area contributed by atoms with Gasteiger partial charge in [-0.25, -0.2) is 9.78 Å². The Morgan fingerprint density at radius 2 is 1.84 bits per heavy atom. The zero-order valence-corrected chi connectivity index (χ0v) is 10.6. The number of nitrogens with one attached hydrogen (secondary N) is 1. The molecule has 0 atom stereocenters. The summed E-state index contributed by atoms with van der Waals surface area (Å²) in [4.78, 5) is 15.2. The van der Waals surface area contributed by atoms with Crippen molar-refractivity contribution in [3.05, 3.63) is 54.1 Å². The van der Waals surface area contributed by atoms with E-state index < -0.39 is 5.97 Å². The zero-order valence-electron chi connectivity index (χ0n) is 9.83. The van der Waals surface area contributed by atoms with E-state index in [2.05, 4.69) is 10.3 Å². The van der Waals surface area contributed by atoms with E-state index >= 15 is 0 Å². The van der Waals surface area contributed by atoms with Crippen LogP contribution in [0.2, 0.25) is 0 Å². The van der Waals surface area contributed by atoms with Crippen molar-refractivity contribution in [2.45, 2.75) is 0 Å². The number of hydrogen-bond acceptors (Lipinski definition) is 4. The van der Waals surface area contributed by atoms with E-state index in [4.69, 9.17) is 5.11 Å². The molecule has 0 fully saturated rings. The van der Waals surface area contributed by atoms with Crippen LogP contribution in [0.5, 0.6) is 0 Å². The Morgan fingerprint density at radius 1 is 1.11 bits per heavy atom. The van der Waals surface area contributed by atoms with Gasteiger partial charge in [-0.1, -0.05) is 23.5 Å². The number of aromatic nitrogens is 1. The summed E-state index contributed by atoms with van der Waals surface area (Å²) in [6.07, 6.45) is 0. The lowest BCUT2D eigenvalue weighted by Gasteiger charge is -2.02. The highest BCUT2D eigenvalue weighted by atomic mass is 32.1. The summed E-state index contributed by atoms with van der Waals surface area (Å²) in [5, 5.41) is 12.8. The number of carboxylic acids is 1. The smallest absolute Gasteiger partial charge is 0.335 e. The van der Waals surface area contributed by atoms with Crippen LogP contribution in [-0.2, 0) is 0 Å². The van der Waals surface area contributed by atoms with Crippen molar-refractivity contribution in [3.63, 3.8) is 0 Å². The average Bonchev–Trinajstić information content (AvgIpc) is 2.81. The van der Waals surface area contributed by atoms with Crippen molar-refractivity contribution in [2.75, 3.05) is 5.32 Å². The largest absolute Gasteiger partial charge is 0.478 e. The molecule has 0 aliphatic rings. The molecule has 0 bridgehead atoms. The van der Waals surface area contributed by atoms with Gasteiger partial charge in [-0.15, -0.1) is 0 Å². The molecule has 0 spiro atoms. The third kappa shape index (κ3) is 2.41. The minimum atomic E-state index is -0.925. The van der Waals surface area contributed by atoms with Gasteiger partial charge < -0.3 is 10.4 Å². The average molecular weight is 270 g/mol. The molecule has 5 heteroatoms. The predicted octanol–water partition coefficient (Wildman–Crippen LogP) is 3.74. The van der Waals surface area contributed by atoms with Crippen LogP contribution in [0.25, 0.3) is 10.2 Å². The van der Waals surface area contributed by atoms with E-state index in [1.165, 1.54) is 0 Å². The molecule has 0 aliphatic carbocycles. The van der Waals surface area contributed by atoms with E-state index in [1.807, 2.05) is 24.3 Å². The lowest BCUT2D eigenvalue weighted by Crippen LogP contribution is -1.96. The highest BCUT2D eigenvalue weighted by Gasteiger charge is 2.05.